The maximum Gasteiger partial charge on any atom is 0.203 e. The van der Waals surface area contributed by atoms with Crippen LogP contribution in [0.1, 0.15) is 21.6 Å². The van der Waals surface area contributed by atoms with E-state index in [0.29, 0.717) is 34.1 Å². The third-order valence-corrected chi connectivity index (χ3v) is 5.97. The van der Waals surface area contributed by atoms with Crippen LogP contribution in [-0.4, -0.2) is 37.1 Å². The fraction of sp³-hybridized carbons (Fsp3) is 0.103. The monoisotopic (exact) mass is 464 g/mol. The van der Waals surface area contributed by atoms with Gasteiger partial charge in [0.05, 0.1) is 32.5 Å². The van der Waals surface area contributed by atoms with Crippen LogP contribution in [0.3, 0.4) is 0 Å². The zero-order chi connectivity index (χ0) is 24.4. The third kappa shape index (κ3) is 4.10. The standard InChI is InChI=1S/C29H24N2O4/c1-33-26-15-19(16-27(34-2)29(26)35-3)28(32)22(14-20-17-30-24-11-7-5-9-21(20)24)25-13-12-18-8-4-6-10-23(18)31-25/h4-17,30H,1-3H3/b22-14-. The van der Waals surface area contributed by atoms with Crippen molar-refractivity contribution in [2.75, 3.05) is 21.3 Å². The number of nitrogens with zero attached hydrogens (tertiary/aromatic N) is 1. The first-order valence-corrected chi connectivity index (χ1v) is 11.1. The summed E-state index contributed by atoms with van der Waals surface area (Å²) < 4.78 is 16.4. The number of hydrogen-bond acceptors (Lipinski definition) is 5. The number of para-hydroxylation sites is 2. The molecule has 6 nitrogen and oxygen atoms in total. The fourth-order valence-electron chi connectivity index (χ4n) is 4.21. The average Bonchev–Trinajstić information content (AvgIpc) is 3.33. The summed E-state index contributed by atoms with van der Waals surface area (Å²) in [6.07, 6.45) is 3.77. The summed E-state index contributed by atoms with van der Waals surface area (Å²) in [7, 11) is 4.58. The van der Waals surface area contributed by atoms with E-state index in [9.17, 15) is 4.79 Å². The molecule has 35 heavy (non-hydrogen) atoms. The molecule has 0 bridgehead atoms. The van der Waals surface area contributed by atoms with E-state index >= 15 is 0 Å². The van der Waals surface area contributed by atoms with Gasteiger partial charge < -0.3 is 19.2 Å². The number of hydrogen-bond donors (Lipinski definition) is 1. The van der Waals surface area contributed by atoms with E-state index in [1.807, 2.05) is 72.9 Å². The molecular weight excluding hydrogens is 440 g/mol. The number of pyridine rings is 1. The van der Waals surface area contributed by atoms with Gasteiger partial charge in [0.15, 0.2) is 17.3 Å². The van der Waals surface area contributed by atoms with E-state index in [4.69, 9.17) is 19.2 Å². The predicted molar refractivity (Wildman–Crippen MR) is 138 cm³/mol. The molecule has 0 spiro atoms. The van der Waals surface area contributed by atoms with Crippen LogP contribution in [0.15, 0.2) is 79.0 Å². The summed E-state index contributed by atoms with van der Waals surface area (Å²) in [5.41, 5.74) is 4.13. The number of rotatable bonds is 7. The van der Waals surface area contributed by atoms with Gasteiger partial charge in [-0.25, -0.2) is 4.98 Å². The fourth-order valence-corrected chi connectivity index (χ4v) is 4.21. The maximum atomic E-state index is 14.0. The number of Topliss-reactive ketones (excluding diaryl/α,β-unsaturated/α-hetero) is 1. The molecule has 5 rings (SSSR count). The summed E-state index contributed by atoms with van der Waals surface area (Å²) in [6.45, 7) is 0. The number of methoxy groups -OCH3 is 3. The summed E-state index contributed by atoms with van der Waals surface area (Å²) >= 11 is 0. The Morgan fingerprint density at radius 2 is 1.57 bits per heavy atom. The lowest BCUT2D eigenvalue weighted by Gasteiger charge is -2.15. The topological polar surface area (TPSA) is 73.4 Å². The minimum atomic E-state index is -0.211. The van der Waals surface area contributed by atoms with Crippen LogP contribution in [0.5, 0.6) is 17.2 Å². The number of allylic oxidation sites excluding steroid dienone is 1. The summed E-state index contributed by atoms with van der Waals surface area (Å²) in [6, 6.07) is 23.0. The minimum Gasteiger partial charge on any atom is -0.493 e. The van der Waals surface area contributed by atoms with Gasteiger partial charge in [0.1, 0.15) is 0 Å². The molecule has 1 N–H and O–H groups in total. The molecule has 0 amide bonds. The molecule has 0 saturated carbocycles. The third-order valence-electron chi connectivity index (χ3n) is 5.97. The van der Waals surface area contributed by atoms with Crippen LogP contribution in [0.4, 0.5) is 0 Å². The van der Waals surface area contributed by atoms with Crippen LogP contribution in [-0.2, 0) is 0 Å². The maximum absolute atomic E-state index is 14.0. The average molecular weight is 465 g/mol. The van der Waals surface area contributed by atoms with Gasteiger partial charge in [0.2, 0.25) is 5.75 Å². The number of H-pyrrole nitrogens is 1. The highest BCUT2D eigenvalue weighted by molar-refractivity contribution is 6.32. The number of aromatic amines is 1. The van der Waals surface area contributed by atoms with Crippen LogP contribution >= 0.6 is 0 Å². The van der Waals surface area contributed by atoms with Gasteiger partial charge in [0, 0.05) is 39.2 Å². The molecule has 0 aliphatic heterocycles. The lowest BCUT2D eigenvalue weighted by molar-refractivity contribution is 0.105. The normalized spacial score (nSPS) is 11.6. The van der Waals surface area contributed by atoms with Crippen LogP contribution in [0.2, 0.25) is 0 Å². The first-order valence-electron chi connectivity index (χ1n) is 11.1. The van der Waals surface area contributed by atoms with Crippen molar-refractivity contribution in [2.24, 2.45) is 0 Å². The molecule has 5 aromatic rings. The molecule has 174 valence electrons. The van der Waals surface area contributed by atoms with Crippen molar-refractivity contribution in [3.63, 3.8) is 0 Å². The van der Waals surface area contributed by atoms with E-state index in [2.05, 4.69) is 4.98 Å². The summed E-state index contributed by atoms with van der Waals surface area (Å²) in [5, 5.41) is 2.02. The SMILES string of the molecule is COc1cc(C(=O)/C(=C\c2c[nH]c3ccccc23)c2ccc3ccccc3n2)cc(OC)c1OC. The minimum absolute atomic E-state index is 0.211. The van der Waals surface area contributed by atoms with E-state index in [0.717, 1.165) is 27.4 Å². The van der Waals surface area contributed by atoms with Crippen molar-refractivity contribution in [1.82, 2.24) is 9.97 Å². The zero-order valence-corrected chi connectivity index (χ0v) is 19.7. The van der Waals surface area contributed by atoms with Gasteiger partial charge in [-0.2, -0.15) is 0 Å². The number of ether oxygens (including phenoxy) is 3. The smallest absolute Gasteiger partial charge is 0.203 e. The van der Waals surface area contributed by atoms with Gasteiger partial charge in [-0.05, 0) is 36.4 Å². The van der Waals surface area contributed by atoms with Gasteiger partial charge in [-0.1, -0.05) is 42.5 Å². The van der Waals surface area contributed by atoms with Gasteiger partial charge in [-0.3, -0.25) is 4.79 Å². The molecule has 2 aromatic heterocycles. The lowest BCUT2D eigenvalue weighted by atomic mass is 9.96. The Morgan fingerprint density at radius 1 is 0.857 bits per heavy atom. The number of fused-ring (bicyclic) bond motifs is 2. The molecule has 0 unspecified atom stereocenters. The Morgan fingerprint density at radius 3 is 2.31 bits per heavy atom. The highest BCUT2D eigenvalue weighted by Gasteiger charge is 2.22. The lowest BCUT2D eigenvalue weighted by Crippen LogP contribution is -2.06. The Kier molecular flexibility index (Phi) is 5.94. The van der Waals surface area contributed by atoms with Gasteiger partial charge in [-0.15, -0.1) is 0 Å². The molecule has 0 fully saturated rings. The Labute approximate surface area is 202 Å². The quantitative estimate of drug-likeness (QED) is 0.230. The van der Waals surface area contributed by atoms with Gasteiger partial charge in [0.25, 0.3) is 0 Å². The molecule has 0 saturated heterocycles. The molecule has 0 aliphatic carbocycles. The van der Waals surface area contributed by atoms with Gasteiger partial charge >= 0.3 is 0 Å². The number of nitrogens with one attached hydrogen (secondary N) is 1. The molecule has 6 heteroatoms. The second-order valence-electron chi connectivity index (χ2n) is 7.98. The highest BCUT2D eigenvalue weighted by atomic mass is 16.5. The van der Waals surface area contributed by atoms with E-state index in [-0.39, 0.29) is 5.78 Å². The summed E-state index contributed by atoms with van der Waals surface area (Å²) in [4.78, 5) is 22.1. The second-order valence-corrected chi connectivity index (χ2v) is 7.98. The van der Waals surface area contributed by atoms with E-state index < -0.39 is 0 Å². The van der Waals surface area contributed by atoms with Crippen LogP contribution in [0, 0.1) is 0 Å². The number of carbonyl (C=O) groups excluding carboxylic acids is 1. The number of aromatic nitrogens is 2. The van der Waals surface area contributed by atoms with E-state index in [1.165, 1.54) is 21.3 Å². The molecule has 0 atom stereocenters. The van der Waals surface area contributed by atoms with Crippen molar-refractivity contribution >= 4 is 39.2 Å². The van der Waals surface area contributed by atoms with Crippen molar-refractivity contribution in [2.45, 2.75) is 0 Å². The highest BCUT2D eigenvalue weighted by Crippen LogP contribution is 2.39. The number of benzene rings is 3. The molecule has 2 heterocycles. The summed E-state index contributed by atoms with van der Waals surface area (Å²) in [5.74, 6) is 1.04. The first-order chi connectivity index (χ1) is 17.1. The van der Waals surface area contributed by atoms with Crippen molar-refractivity contribution in [3.8, 4) is 17.2 Å². The molecule has 0 radical (unpaired) electrons. The molecule has 0 aliphatic rings. The van der Waals surface area contributed by atoms with E-state index in [1.54, 1.807) is 12.1 Å². The Balaban J connectivity index is 1.71. The largest absolute Gasteiger partial charge is 0.493 e. The number of ketones is 1. The Bertz CT molecular complexity index is 1560. The first kappa shape index (κ1) is 22.2. The van der Waals surface area contributed by atoms with Crippen molar-refractivity contribution < 1.29 is 19.0 Å². The van der Waals surface area contributed by atoms with Crippen molar-refractivity contribution in [1.29, 1.82) is 0 Å². The van der Waals surface area contributed by atoms with Crippen molar-refractivity contribution in [3.05, 3.63) is 95.8 Å². The number of carbonyl (C=O) groups is 1. The van der Waals surface area contributed by atoms with Crippen LogP contribution < -0.4 is 14.2 Å². The Hall–Kier alpha value is -4.58. The zero-order valence-electron chi connectivity index (χ0n) is 19.7. The second kappa shape index (κ2) is 9.35. The van der Waals surface area contributed by atoms with Crippen LogP contribution in [0.25, 0.3) is 33.5 Å². The molecule has 3 aromatic carbocycles. The predicted octanol–water partition coefficient (Wildman–Crippen LogP) is 6.17. The molecular formula is C29H24N2O4.